The van der Waals surface area contributed by atoms with Gasteiger partial charge in [-0.2, -0.15) is 0 Å². The zero-order chi connectivity index (χ0) is 9.97. The molecule has 0 amide bonds. The predicted octanol–water partition coefficient (Wildman–Crippen LogP) is 1.68. The maximum absolute atomic E-state index is 9.30. The highest BCUT2D eigenvalue weighted by atomic mass is 16.5. The van der Waals surface area contributed by atoms with E-state index in [0.29, 0.717) is 12.2 Å². The van der Waals surface area contributed by atoms with E-state index in [4.69, 9.17) is 4.74 Å². The van der Waals surface area contributed by atoms with Gasteiger partial charge < -0.3 is 14.9 Å². The van der Waals surface area contributed by atoms with Gasteiger partial charge in [-0.1, -0.05) is 6.07 Å². The van der Waals surface area contributed by atoms with Crippen LogP contribution in [0.5, 0.6) is 11.5 Å². The molecule has 3 nitrogen and oxygen atoms in total. The first kappa shape index (κ1) is 9.34. The summed E-state index contributed by atoms with van der Waals surface area (Å²) in [7, 11) is 0. The topological polar surface area (TPSA) is 49.7 Å². The monoisotopic (exact) mass is 194 g/mol. The Balaban J connectivity index is 1.97. The lowest BCUT2D eigenvalue weighted by atomic mass is 10.3. The summed E-state index contributed by atoms with van der Waals surface area (Å²) in [5.41, 5.74) is 0. The second-order valence-corrected chi connectivity index (χ2v) is 3.70. The summed E-state index contributed by atoms with van der Waals surface area (Å²) in [4.78, 5) is 0. The van der Waals surface area contributed by atoms with E-state index < -0.39 is 0 Å². The van der Waals surface area contributed by atoms with Gasteiger partial charge in [-0.15, -0.1) is 0 Å². The normalized spacial score (nSPS) is 26.4. The van der Waals surface area contributed by atoms with Crippen molar-refractivity contribution in [3.63, 3.8) is 0 Å². The number of ether oxygens (including phenoxy) is 1. The lowest BCUT2D eigenvalue weighted by molar-refractivity contribution is 0.149. The number of phenols is 1. The van der Waals surface area contributed by atoms with Crippen LogP contribution in [0.2, 0.25) is 0 Å². The van der Waals surface area contributed by atoms with Crippen molar-refractivity contribution in [1.29, 1.82) is 0 Å². The number of benzene rings is 1. The van der Waals surface area contributed by atoms with E-state index in [-0.39, 0.29) is 18.0 Å². The summed E-state index contributed by atoms with van der Waals surface area (Å²) in [5, 5.41) is 18.5. The molecule has 1 aliphatic rings. The highest BCUT2D eigenvalue weighted by Gasteiger charge is 2.24. The lowest BCUT2D eigenvalue weighted by Gasteiger charge is -2.12. The van der Waals surface area contributed by atoms with E-state index in [1.807, 2.05) is 6.07 Å². The zero-order valence-electron chi connectivity index (χ0n) is 7.89. The number of aliphatic hydroxyl groups excluding tert-OH is 1. The second kappa shape index (κ2) is 3.88. The van der Waals surface area contributed by atoms with Crippen molar-refractivity contribution in [1.82, 2.24) is 0 Å². The van der Waals surface area contributed by atoms with Crippen molar-refractivity contribution in [2.75, 3.05) is 0 Å². The molecule has 1 fully saturated rings. The van der Waals surface area contributed by atoms with Crippen LogP contribution in [-0.4, -0.2) is 22.4 Å². The Kier molecular flexibility index (Phi) is 2.59. The summed E-state index contributed by atoms with van der Waals surface area (Å²) in [6.45, 7) is 0. The summed E-state index contributed by atoms with van der Waals surface area (Å²) < 4.78 is 5.61. The molecule has 0 aromatic heterocycles. The van der Waals surface area contributed by atoms with E-state index >= 15 is 0 Å². The van der Waals surface area contributed by atoms with Crippen molar-refractivity contribution in [2.45, 2.75) is 31.5 Å². The van der Waals surface area contributed by atoms with Crippen molar-refractivity contribution in [2.24, 2.45) is 0 Å². The van der Waals surface area contributed by atoms with Gasteiger partial charge in [0, 0.05) is 12.5 Å². The Morgan fingerprint density at radius 3 is 2.79 bits per heavy atom. The average molecular weight is 194 g/mol. The molecule has 2 N–H and O–H groups in total. The van der Waals surface area contributed by atoms with Crippen LogP contribution < -0.4 is 4.74 Å². The van der Waals surface area contributed by atoms with Crippen LogP contribution in [0.1, 0.15) is 19.3 Å². The molecule has 2 unspecified atom stereocenters. The van der Waals surface area contributed by atoms with Gasteiger partial charge in [-0.25, -0.2) is 0 Å². The highest BCUT2D eigenvalue weighted by molar-refractivity contribution is 5.31. The summed E-state index contributed by atoms with van der Waals surface area (Å²) >= 11 is 0. The number of hydrogen-bond acceptors (Lipinski definition) is 3. The smallest absolute Gasteiger partial charge is 0.123 e. The molecule has 0 bridgehead atoms. The summed E-state index contributed by atoms with van der Waals surface area (Å²) in [5.74, 6) is 0.880. The van der Waals surface area contributed by atoms with Gasteiger partial charge in [0.2, 0.25) is 0 Å². The molecule has 2 atom stereocenters. The van der Waals surface area contributed by atoms with Gasteiger partial charge >= 0.3 is 0 Å². The number of aliphatic hydroxyl groups is 1. The minimum Gasteiger partial charge on any atom is -0.508 e. The van der Waals surface area contributed by atoms with Crippen molar-refractivity contribution in [3.05, 3.63) is 24.3 Å². The van der Waals surface area contributed by atoms with Crippen LogP contribution in [0.25, 0.3) is 0 Å². The molecule has 1 aliphatic carbocycles. The number of hydrogen-bond donors (Lipinski definition) is 2. The van der Waals surface area contributed by atoms with Crippen molar-refractivity contribution in [3.8, 4) is 11.5 Å². The molecule has 3 heteroatoms. The third-order valence-electron chi connectivity index (χ3n) is 2.48. The van der Waals surface area contributed by atoms with Gasteiger partial charge in [0.05, 0.1) is 6.10 Å². The molecular formula is C11H14O3. The standard InChI is InChI=1S/C11H14O3/c12-8-2-1-3-10(6-8)14-11-5-4-9(13)7-11/h1-3,6,9,11-13H,4-5,7H2. The molecule has 0 spiro atoms. The van der Waals surface area contributed by atoms with E-state index in [1.165, 1.54) is 0 Å². The van der Waals surface area contributed by atoms with E-state index in [9.17, 15) is 10.2 Å². The van der Waals surface area contributed by atoms with Gasteiger partial charge in [0.1, 0.15) is 17.6 Å². The molecule has 1 saturated carbocycles. The highest BCUT2D eigenvalue weighted by Crippen LogP contribution is 2.26. The Labute approximate surface area is 83.0 Å². The third kappa shape index (κ3) is 2.17. The molecule has 14 heavy (non-hydrogen) atoms. The molecule has 1 aromatic rings. The quantitative estimate of drug-likeness (QED) is 0.753. The van der Waals surface area contributed by atoms with E-state index in [0.717, 1.165) is 12.8 Å². The van der Waals surface area contributed by atoms with Crippen LogP contribution in [-0.2, 0) is 0 Å². The van der Waals surface area contributed by atoms with Gasteiger partial charge in [-0.3, -0.25) is 0 Å². The fourth-order valence-electron chi connectivity index (χ4n) is 1.77. The van der Waals surface area contributed by atoms with Crippen LogP contribution in [0.4, 0.5) is 0 Å². The first-order valence-electron chi connectivity index (χ1n) is 4.88. The molecule has 76 valence electrons. The molecule has 1 aromatic carbocycles. The van der Waals surface area contributed by atoms with Crippen LogP contribution in [0.15, 0.2) is 24.3 Å². The minimum absolute atomic E-state index is 0.0896. The lowest BCUT2D eigenvalue weighted by Crippen LogP contribution is -2.13. The predicted molar refractivity (Wildman–Crippen MR) is 52.4 cm³/mol. The molecule has 2 rings (SSSR count). The van der Waals surface area contributed by atoms with E-state index in [2.05, 4.69) is 0 Å². The van der Waals surface area contributed by atoms with E-state index in [1.54, 1.807) is 18.2 Å². The molecule has 0 saturated heterocycles. The third-order valence-corrected chi connectivity index (χ3v) is 2.48. The SMILES string of the molecule is Oc1cccc(OC2CCC(O)C2)c1. The maximum atomic E-state index is 9.30. The number of phenolic OH excluding ortho intramolecular Hbond substituents is 1. The Morgan fingerprint density at radius 2 is 2.14 bits per heavy atom. The van der Waals surface area contributed by atoms with Crippen LogP contribution in [0.3, 0.4) is 0 Å². The second-order valence-electron chi connectivity index (χ2n) is 3.70. The number of rotatable bonds is 2. The zero-order valence-corrected chi connectivity index (χ0v) is 7.89. The molecular weight excluding hydrogens is 180 g/mol. The summed E-state index contributed by atoms with van der Waals surface area (Å²) in [6, 6.07) is 6.75. The van der Waals surface area contributed by atoms with Crippen LogP contribution >= 0.6 is 0 Å². The molecule has 0 radical (unpaired) electrons. The Morgan fingerprint density at radius 1 is 1.29 bits per heavy atom. The molecule has 0 heterocycles. The van der Waals surface area contributed by atoms with Crippen LogP contribution in [0, 0.1) is 0 Å². The summed E-state index contributed by atoms with van der Waals surface area (Å²) in [6.07, 6.45) is 2.25. The maximum Gasteiger partial charge on any atom is 0.123 e. The number of aromatic hydroxyl groups is 1. The average Bonchev–Trinajstić information content (AvgIpc) is 2.51. The molecule has 0 aliphatic heterocycles. The van der Waals surface area contributed by atoms with Crippen molar-refractivity contribution >= 4 is 0 Å². The Bertz CT molecular complexity index is 311. The fourth-order valence-corrected chi connectivity index (χ4v) is 1.77. The van der Waals surface area contributed by atoms with Gasteiger partial charge in [0.15, 0.2) is 0 Å². The largest absolute Gasteiger partial charge is 0.508 e. The minimum atomic E-state index is -0.225. The van der Waals surface area contributed by atoms with Crippen molar-refractivity contribution < 1.29 is 14.9 Å². The fraction of sp³-hybridized carbons (Fsp3) is 0.455. The van der Waals surface area contributed by atoms with Gasteiger partial charge in [-0.05, 0) is 25.0 Å². The van der Waals surface area contributed by atoms with Gasteiger partial charge in [0.25, 0.3) is 0 Å². The Hall–Kier alpha value is -1.22. The first-order chi connectivity index (χ1) is 6.74. The first-order valence-corrected chi connectivity index (χ1v) is 4.88.